The predicted molar refractivity (Wildman–Crippen MR) is 251 cm³/mol. The van der Waals surface area contributed by atoms with Crippen LogP contribution >= 0.6 is 0 Å². The first-order chi connectivity index (χ1) is 30.2. The van der Waals surface area contributed by atoms with Gasteiger partial charge in [-0.15, -0.1) is 0 Å². The highest BCUT2D eigenvalue weighted by Gasteiger charge is 2.30. The zero-order valence-electron chi connectivity index (χ0n) is 32.9. The molecule has 1 aliphatic carbocycles. The van der Waals surface area contributed by atoms with Crippen molar-refractivity contribution in [1.29, 1.82) is 0 Å². The van der Waals surface area contributed by atoms with Crippen molar-refractivity contribution in [3.8, 4) is 22.3 Å². The Morgan fingerprint density at radius 3 is 1.49 bits per heavy atom. The SMILES string of the molecule is C=C1c2ccc(-c3ccc4oc5cccc(N(c6cccc7oc8ccccc8c67)c6cccc7oc8ccccc8c67)c5c4c3)cc2-c2ccccc2C1c1ccccc1. The van der Waals surface area contributed by atoms with Crippen LogP contribution in [-0.2, 0) is 0 Å². The molecule has 0 bridgehead atoms. The van der Waals surface area contributed by atoms with Crippen LogP contribution in [0.2, 0.25) is 0 Å². The van der Waals surface area contributed by atoms with Crippen LogP contribution in [0.5, 0.6) is 0 Å². The van der Waals surface area contributed by atoms with E-state index in [0.29, 0.717) is 0 Å². The highest BCUT2D eigenvalue weighted by atomic mass is 16.3. The van der Waals surface area contributed by atoms with Crippen molar-refractivity contribution in [2.45, 2.75) is 5.92 Å². The van der Waals surface area contributed by atoms with Crippen molar-refractivity contribution in [3.05, 3.63) is 217 Å². The molecule has 1 aliphatic rings. The summed E-state index contributed by atoms with van der Waals surface area (Å²) in [5.74, 6) is 0.0996. The number of anilines is 3. The van der Waals surface area contributed by atoms with Gasteiger partial charge in [-0.25, -0.2) is 0 Å². The molecule has 3 heterocycles. The predicted octanol–water partition coefficient (Wildman–Crippen LogP) is 16.3. The Balaban J connectivity index is 1.04. The largest absolute Gasteiger partial charge is 0.456 e. The smallest absolute Gasteiger partial charge is 0.137 e. The van der Waals surface area contributed by atoms with Crippen molar-refractivity contribution >= 4 is 88.5 Å². The molecule has 4 heteroatoms. The fraction of sp³-hybridized carbons (Fsp3) is 0.0175. The Kier molecular flexibility index (Phi) is 7.19. The lowest BCUT2D eigenvalue weighted by atomic mass is 9.72. The van der Waals surface area contributed by atoms with Crippen molar-refractivity contribution in [3.63, 3.8) is 0 Å². The number of hydrogen-bond donors (Lipinski definition) is 0. The van der Waals surface area contributed by atoms with Gasteiger partial charge in [0.25, 0.3) is 0 Å². The van der Waals surface area contributed by atoms with Gasteiger partial charge < -0.3 is 18.2 Å². The number of para-hydroxylation sites is 2. The van der Waals surface area contributed by atoms with Gasteiger partial charge in [0.15, 0.2) is 0 Å². The van der Waals surface area contributed by atoms with Gasteiger partial charge in [0.2, 0.25) is 0 Å². The summed E-state index contributed by atoms with van der Waals surface area (Å²) >= 11 is 0. The molecular weight excluding hydrogens is 747 g/mol. The summed E-state index contributed by atoms with van der Waals surface area (Å²) in [5, 5.41) is 6.25. The Labute approximate surface area is 350 Å². The van der Waals surface area contributed by atoms with E-state index in [9.17, 15) is 0 Å². The molecule has 0 amide bonds. The monoisotopic (exact) mass is 781 g/mol. The van der Waals surface area contributed by atoms with Crippen LogP contribution in [0.4, 0.5) is 17.1 Å². The van der Waals surface area contributed by atoms with Gasteiger partial charge in [-0.05, 0) is 111 Å². The van der Waals surface area contributed by atoms with Crippen LogP contribution in [0.3, 0.4) is 0 Å². The van der Waals surface area contributed by atoms with E-state index >= 15 is 0 Å². The third-order valence-corrected chi connectivity index (χ3v) is 12.7. The molecule has 286 valence electrons. The van der Waals surface area contributed by atoms with Gasteiger partial charge in [-0.2, -0.15) is 0 Å². The molecule has 0 fully saturated rings. The fourth-order valence-electron chi connectivity index (χ4n) is 10.0. The van der Waals surface area contributed by atoms with E-state index in [1.54, 1.807) is 0 Å². The molecule has 9 aromatic carbocycles. The minimum Gasteiger partial charge on any atom is -0.456 e. The van der Waals surface area contributed by atoms with E-state index in [-0.39, 0.29) is 5.92 Å². The molecule has 13 rings (SSSR count). The molecule has 4 nitrogen and oxygen atoms in total. The number of fused-ring (bicyclic) bond motifs is 12. The van der Waals surface area contributed by atoms with Crippen LogP contribution in [-0.4, -0.2) is 0 Å². The normalized spacial score (nSPS) is 13.8. The van der Waals surface area contributed by atoms with E-state index in [4.69, 9.17) is 19.8 Å². The van der Waals surface area contributed by atoms with Crippen molar-refractivity contribution in [2.75, 3.05) is 4.90 Å². The van der Waals surface area contributed by atoms with Crippen molar-refractivity contribution in [2.24, 2.45) is 0 Å². The number of furan rings is 3. The maximum atomic E-state index is 6.72. The lowest BCUT2D eigenvalue weighted by molar-refractivity contribution is 0.668. The van der Waals surface area contributed by atoms with Gasteiger partial charge in [-0.1, -0.05) is 134 Å². The number of nitrogens with zero attached hydrogens (tertiary/aromatic N) is 1. The first kappa shape index (κ1) is 33.8. The maximum Gasteiger partial charge on any atom is 0.137 e. The molecule has 1 unspecified atom stereocenters. The quantitative estimate of drug-likeness (QED) is 0.174. The van der Waals surface area contributed by atoms with Crippen molar-refractivity contribution < 1.29 is 13.3 Å². The van der Waals surface area contributed by atoms with Gasteiger partial charge in [0.05, 0.1) is 33.2 Å². The zero-order chi connectivity index (χ0) is 40.2. The van der Waals surface area contributed by atoms with Crippen LogP contribution < -0.4 is 4.90 Å². The van der Waals surface area contributed by atoms with Crippen LogP contribution in [0.1, 0.15) is 22.6 Å². The highest BCUT2D eigenvalue weighted by Crippen LogP contribution is 2.52. The summed E-state index contributed by atoms with van der Waals surface area (Å²) in [6, 6.07) is 68.5. The summed E-state index contributed by atoms with van der Waals surface area (Å²) in [6.07, 6.45) is 0. The number of allylic oxidation sites excluding steroid dienone is 1. The van der Waals surface area contributed by atoms with Gasteiger partial charge in [0.1, 0.15) is 33.5 Å². The lowest BCUT2D eigenvalue weighted by Crippen LogP contribution is -2.11. The zero-order valence-corrected chi connectivity index (χ0v) is 32.9. The second kappa shape index (κ2) is 13.0. The lowest BCUT2D eigenvalue weighted by Gasteiger charge is -2.31. The van der Waals surface area contributed by atoms with E-state index < -0.39 is 0 Å². The van der Waals surface area contributed by atoms with E-state index in [1.807, 2.05) is 24.3 Å². The molecule has 3 aromatic heterocycles. The number of hydrogen-bond acceptors (Lipinski definition) is 4. The topological polar surface area (TPSA) is 42.7 Å². The Bertz CT molecular complexity index is 3640. The van der Waals surface area contributed by atoms with Crippen LogP contribution in [0, 0.1) is 0 Å². The van der Waals surface area contributed by atoms with Gasteiger partial charge in [-0.3, -0.25) is 0 Å². The summed E-state index contributed by atoms with van der Waals surface area (Å²) in [7, 11) is 0. The third-order valence-electron chi connectivity index (χ3n) is 12.7. The Morgan fingerprint density at radius 2 is 0.852 bits per heavy atom. The average Bonchev–Trinajstić information content (AvgIpc) is 4.01. The molecule has 0 spiro atoms. The average molecular weight is 782 g/mol. The third kappa shape index (κ3) is 5.00. The molecule has 0 saturated carbocycles. The molecule has 1 atom stereocenters. The number of rotatable bonds is 5. The standard InChI is InChI=1S/C57H35NO3/c1-34-38-30-28-36(32-43(38)39-16-5-6-17-40(39)54(34)35-14-3-2-4-15-35)37-29-31-50-44(33-37)57-47(22-13-27-53(57)61-50)58(45-20-11-25-51-55(45)41-18-7-9-23-48(41)59-51)46-21-12-26-52-56(46)42-19-8-10-24-49(42)60-52/h2-33,54H,1H2. The molecule has 0 radical (unpaired) electrons. The molecule has 0 aliphatic heterocycles. The maximum absolute atomic E-state index is 6.72. The molecule has 61 heavy (non-hydrogen) atoms. The number of benzene rings is 9. The minimum atomic E-state index is 0.0996. The second-order valence-electron chi connectivity index (χ2n) is 16.0. The molecular formula is C57H35NO3. The van der Waals surface area contributed by atoms with Crippen molar-refractivity contribution in [1.82, 2.24) is 0 Å². The minimum absolute atomic E-state index is 0.0996. The fourth-order valence-corrected chi connectivity index (χ4v) is 10.0. The Morgan fingerprint density at radius 1 is 0.361 bits per heavy atom. The first-order valence-electron chi connectivity index (χ1n) is 20.7. The summed E-state index contributed by atoms with van der Waals surface area (Å²) in [5.41, 5.74) is 17.5. The molecule has 0 saturated heterocycles. The summed E-state index contributed by atoms with van der Waals surface area (Å²) < 4.78 is 19.7. The van der Waals surface area contributed by atoms with Gasteiger partial charge >= 0.3 is 0 Å². The molecule has 12 aromatic rings. The van der Waals surface area contributed by atoms with Crippen LogP contribution in [0.15, 0.2) is 214 Å². The Hall–Kier alpha value is -8.08. The van der Waals surface area contributed by atoms with Gasteiger partial charge in [0, 0.05) is 22.1 Å². The summed E-state index contributed by atoms with van der Waals surface area (Å²) in [4.78, 5) is 2.38. The second-order valence-corrected chi connectivity index (χ2v) is 16.0. The summed E-state index contributed by atoms with van der Waals surface area (Å²) in [6.45, 7) is 4.69. The van der Waals surface area contributed by atoms with Crippen LogP contribution in [0.25, 0.3) is 93.6 Å². The highest BCUT2D eigenvalue weighted by molar-refractivity contribution is 6.21. The first-order valence-corrected chi connectivity index (χ1v) is 20.7. The van der Waals surface area contributed by atoms with E-state index in [1.165, 1.54) is 27.8 Å². The molecule has 0 N–H and O–H groups in total. The van der Waals surface area contributed by atoms with E-state index in [0.717, 1.165) is 99.6 Å². The van der Waals surface area contributed by atoms with E-state index in [2.05, 4.69) is 175 Å².